The van der Waals surface area contributed by atoms with Crippen LogP contribution in [0.2, 0.25) is 5.02 Å². The van der Waals surface area contributed by atoms with Crippen molar-refractivity contribution in [3.63, 3.8) is 0 Å². The standard InChI is InChI=1S/C10H7ClFN3S/c11-6-4-7(12)9(15-5-6)16-10-8(13)2-1-3-14-10/h1-5H,13H2. The Bertz CT molecular complexity index is 521. The van der Waals surface area contributed by atoms with Crippen molar-refractivity contribution in [1.29, 1.82) is 0 Å². The Balaban J connectivity index is 2.31. The molecule has 2 rings (SSSR count). The van der Waals surface area contributed by atoms with Gasteiger partial charge in [0.05, 0.1) is 10.7 Å². The molecule has 2 heterocycles. The van der Waals surface area contributed by atoms with Gasteiger partial charge in [0.25, 0.3) is 0 Å². The SMILES string of the molecule is Nc1cccnc1Sc1ncc(Cl)cc1F. The number of hydrogen-bond donors (Lipinski definition) is 1. The van der Waals surface area contributed by atoms with Crippen LogP contribution in [0.4, 0.5) is 10.1 Å². The summed E-state index contributed by atoms with van der Waals surface area (Å²) in [5.74, 6) is -0.484. The second kappa shape index (κ2) is 4.67. The molecule has 6 heteroatoms. The number of aromatic nitrogens is 2. The average molecular weight is 256 g/mol. The van der Waals surface area contributed by atoms with Crippen molar-refractivity contribution in [1.82, 2.24) is 9.97 Å². The van der Waals surface area contributed by atoms with Crippen LogP contribution in [0, 0.1) is 5.82 Å². The topological polar surface area (TPSA) is 51.8 Å². The number of hydrogen-bond acceptors (Lipinski definition) is 4. The van der Waals surface area contributed by atoms with E-state index in [4.69, 9.17) is 17.3 Å². The molecule has 0 amide bonds. The first-order valence-electron chi connectivity index (χ1n) is 4.36. The highest BCUT2D eigenvalue weighted by atomic mass is 35.5. The Morgan fingerprint density at radius 1 is 1.31 bits per heavy atom. The van der Waals surface area contributed by atoms with E-state index in [0.717, 1.165) is 11.8 Å². The number of nitrogens with zero attached hydrogens (tertiary/aromatic N) is 2. The molecule has 0 spiro atoms. The van der Waals surface area contributed by atoms with Crippen molar-refractivity contribution >= 4 is 29.1 Å². The van der Waals surface area contributed by atoms with Crippen molar-refractivity contribution in [2.24, 2.45) is 0 Å². The molecule has 0 aliphatic carbocycles. The predicted molar refractivity (Wildman–Crippen MR) is 62.0 cm³/mol. The van der Waals surface area contributed by atoms with Gasteiger partial charge in [-0.2, -0.15) is 0 Å². The van der Waals surface area contributed by atoms with Crippen LogP contribution in [0.15, 0.2) is 40.6 Å². The minimum atomic E-state index is -0.484. The van der Waals surface area contributed by atoms with E-state index in [-0.39, 0.29) is 10.0 Å². The molecule has 2 aromatic rings. The average Bonchev–Trinajstić information content (AvgIpc) is 2.25. The van der Waals surface area contributed by atoms with Gasteiger partial charge < -0.3 is 5.73 Å². The summed E-state index contributed by atoms with van der Waals surface area (Å²) in [4.78, 5) is 7.91. The van der Waals surface area contributed by atoms with Crippen LogP contribution < -0.4 is 5.73 Å². The minimum Gasteiger partial charge on any atom is -0.397 e. The first-order chi connectivity index (χ1) is 7.66. The Morgan fingerprint density at radius 2 is 2.12 bits per heavy atom. The lowest BCUT2D eigenvalue weighted by atomic mass is 10.4. The lowest BCUT2D eigenvalue weighted by Gasteiger charge is -2.03. The molecule has 0 saturated heterocycles. The van der Waals surface area contributed by atoms with Gasteiger partial charge in [-0.1, -0.05) is 11.6 Å². The van der Waals surface area contributed by atoms with Crippen molar-refractivity contribution < 1.29 is 4.39 Å². The lowest BCUT2D eigenvalue weighted by molar-refractivity contribution is 0.588. The Hall–Kier alpha value is -1.33. The van der Waals surface area contributed by atoms with E-state index < -0.39 is 5.82 Å². The normalized spacial score (nSPS) is 10.4. The van der Waals surface area contributed by atoms with E-state index in [0.29, 0.717) is 10.7 Å². The van der Waals surface area contributed by atoms with E-state index in [1.165, 1.54) is 12.3 Å². The van der Waals surface area contributed by atoms with E-state index >= 15 is 0 Å². The number of nitrogens with two attached hydrogens (primary N) is 1. The highest BCUT2D eigenvalue weighted by Crippen LogP contribution is 2.30. The van der Waals surface area contributed by atoms with Crippen molar-refractivity contribution in [3.8, 4) is 0 Å². The van der Waals surface area contributed by atoms with Crippen LogP contribution in [0.5, 0.6) is 0 Å². The molecule has 0 aromatic carbocycles. The molecule has 3 nitrogen and oxygen atoms in total. The molecule has 0 bridgehead atoms. The third-order valence-corrected chi connectivity index (χ3v) is 3.00. The van der Waals surface area contributed by atoms with E-state index in [1.807, 2.05) is 0 Å². The summed E-state index contributed by atoms with van der Waals surface area (Å²) in [6, 6.07) is 4.62. The summed E-state index contributed by atoms with van der Waals surface area (Å²) in [6.07, 6.45) is 2.97. The van der Waals surface area contributed by atoms with Gasteiger partial charge in [-0.05, 0) is 30.0 Å². The molecular formula is C10H7ClFN3S. The molecule has 0 atom stereocenters. The molecule has 2 N–H and O–H groups in total. The summed E-state index contributed by atoms with van der Waals surface area (Å²) in [7, 11) is 0. The lowest BCUT2D eigenvalue weighted by Crippen LogP contribution is -1.92. The van der Waals surface area contributed by atoms with Gasteiger partial charge in [-0.25, -0.2) is 14.4 Å². The number of rotatable bonds is 2. The fourth-order valence-corrected chi connectivity index (χ4v) is 1.95. The van der Waals surface area contributed by atoms with Crippen molar-refractivity contribution in [2.45, 2.75) is 10.1 Å². The first kappa shape index (κ1) is 11.2. The minimum absolute atomic E-state index is 0.204. The maximum absolute atomic E-state index is 13.4. The van der Waals surface area contributed by atoms with E-state index in [9.17, 15) is 4.39 Å². The Morgan fingerprint density at radius 3 is 2.81 bits per heavy atom. The number of nitrogen functional groups attached to an aromatic ring is 1. The smallest absolute Gasteiger partial charge is 0.157 e. The number of anilines is 1. The van der Waals surface area contributed by atoms with Crippen LogP contribution in [0.3, 0.4) is 0 Å². The molecule has 82 valence electrons. The van der Waals surface area contributed by atoms with Gasteiger partial charge in [0.15, 0.2) is 5.82 Å². The second-order valence-corrected chi connectivity index (χ2v) is 4.35. The van der Waals surface area contributed by atoms with Crippen molar-refractivity contribution in [2.75, 3.05) is 5.73 Å². The fourth-order valence-electron chi connectivity index (χ4n) is 1.06. The molecule has 0 aliphatic heterocycles. The van der Waals surface area contributed by atoms with E-state index in [1.54, 1.807) is 18.3 Å². The number of pyridine rings is 2. The summed E-state index contributed by atoms with van der Waals surface area (Å²) < 4.78 is 13.4. The third-order valence-electron chi connectivity index (χ3n) is 1.77. The zero-order chi connectivity index (χ0) is 11.5. The second-order valence-electron chi connectivity index (χ2n) is 2.94. The first-order valence-corrected chi connectivity index (χ1v) is 5.55. The monoisotopic (exact) mass is 255 g/mol. The summed E-state index contributed by atoms with van der Waals surface area (Å²) in [5.41, 5.74) is 6.18. The van der Waals surface area contributed by atoms with Crippen LogP contribution in [0.1, 0.15) is 0 Å². The highest BCUT2D eigenvalue weighted by Gasteiger charge is 2.09. The van der Waals surface area contributed by atoms with Gasteiger partial charge in [0.1, 0.15) is 10.1 Å². The summed E-state index contributed by atoms with van der Waals surface area (Å²) >= 11 is 6.67. The third kappa shape index (κ3) is 2.43. The molecule has 0 unspecified atom stereocenters. The van der Waals surface area contributed by atoms with Gasteiger partial charge in [0.2, 0.25) is 0 Å². The van der Waals surface area contributed by atoms with Crippen LogP contribution in [-0.4, -0.2) is 9.97 Å². The quantitative estimate of drug-likeness (QED) is 0.896. The molecule has 2 aromatic heterocycles. The summed E-state index contributed by atoms with van der Waals surface area (Å²) in [6.45, 7) is 0. The van der Waals surface area contributed by atoms with Crippen LogP contribution in [-0.2, 0) is 0 Å². The van der Waals surface area contributed by atoms with Gasteiger partial charge in [-0.3, -0.25) is 0 Å². The molecule has 0 aliphatic rings. The van der Waals surface area contributed by atoms with Gasteiger partial charge >= 0.3 is 0 Å². The highest BCUT2D eigenvalue weighted by molar-refractivity contribution is 7.99. The van der Waals surface area contributed by atoms with E-state index in [2.05, 4.69) is 9.97 Å². The molecule has 0 fully saturated rings. The van der Waals surface area contributed by atoms with Gasteiger partial charge in [-0.15, -0.1) is 0 Å². The van der Waals surface area contributed by atoms with Gasteiger partial charge in [0, 0.05) is 12.4 Å². The largest absolute Gasteiger partial charge is 0.397 e. The predicted octanol–water partition coefficient (Wildman–Crippen LogP) is 3.00. The fraction of sp³-hybridized carbons (Fsp3) is 0. The zero-order valence-electron chi connectivity index (χ0n) is 8.02. The maximum Gasteiger partial charge on any atom is 0.157 e. The zero-order valence-corrected chi connectivity index (χ0v) is 9.60. The number of halogens is 2. The van der Waals surface area contributed by atoms with Crippen LogP contribution >= 0.6 is 23.4 Å². The maximum atomic E-state index is 13.4. The van der Waals surface area contributed by atoms with Crippen molar-refractivity contribution in [3.05, 3.63) is 41.4 Å². The van der Waals surface area contributed by atoms with Crippen LogP contribution in [0.25, 0.3) is 0 Å². The molecule has 0 saturated carbocycles. The molecular weight excluding hydrogens is 249 g/mol. The molecule has 16 heavy (non-hydrogen) atoms. The summed E-state index contributed by atoms with van der Waals surface area (Å²) in [5, 5.41) is 0.988. The Labute approximate surface area is 101 Å². The molecule has 0 radical (unpaired) electrons. The Kier molecular flexibility index (Phi) is 3.26.